The number of anilines is 1. The molecule has 0 saturated carbocycles. The molecule has 1 atom stereocenters. The molecule has 2 amide bonds. The van der Waals surface area contributed by atoms with Gasteiger partial charge >= 0.3 is 6.03 Å². The zero-order chi connectivity index (χ0) is 15.9. The van der Waals surface area contributed by atoms with Crippen molar-refractivity contribution in [3.8, 4) is 0 Å². The Kier molecular flexibility index (Phi) is 6.65. The number of methoxy groups -OCH3 is 1. The Morgan fingerprint density at radius 1 is 1.38 bits per heavy atom. The molecular weight excluding hydrogens is 266 g/mol. The lowest BCUT2D eigenvalue weighted by atomic mass is 10.1. The van der Waals surface area contributed by atoms with Gasteiger partial charge in [-0.2, -0.15) is 0 Å². The summed E-state index contributed by atoms with van der Waals surface area (Å²) in [6.07, 6.45) is 0. The van der Waals surface area contributed by atoms with Gasteiger partial charge in [0, 0.05) is 25.4 Å². The van der Waals surface area contributed by atoms with Crippen LogP contribution in [0.25, 0.3) is 0 Å². The summed E-state index contributed by atoms with van der Waals surface area (Å²) in [7, 11) is 1.63. The fourth-order valence-corrected chi connectivity index (χ4v) is 1.85. The molecule has 0 radical (unpaired) electrons. The van der Waals surface area contributed by atoms with Gasteiger partial charge in [0.05, 0.1) is 5.60 Å². The number of urea groups is 1. The maximum atomic E-state index is 11.9. The third-order valence-corrected chi connectivity index (χ3v) is 3.38. The molecule has 0 aromatic heterocycles. The molecule has 0 aliphatic rings. The van der Waals surface area contributed by atoms with E-state index in [9.17, 15) is 4.79 Å². The minimum atomic E-state index is -0.376. The smallest absolute Gasteiger partial charge is 0.319 e. The van der Waals surface area contributed by atoms with Crippen molar-refractivity contribution in [2.24, 2.45) is 0 Å². The van der Waals surface area contributed by atoms with E-state index >= 15 is 0 Å². The fourth-order valence-electron chi connectivity index (χ4n) is 1.85. The van der Waals surface area contributed by atoms with E-state index < -0.39 is 0 Å². The van der Waals surface area contributed by atoms with E-state index in [0.29, 0.717) is 6.54 Å². The first-order valence-corrected chi connectivity index (χ1v) is 7.31. The number of carbonyl (C=O) groups is 1. The molecule has 1 unspecified atom stereocenters. The summed E-state index contributed by atoms with van der Waals surface area (Å²) in [5, 5.41) is 9.00. The van der Waals surface area contributed by atoms with E-state index in [1.165, 1.54) is 0 Å². The van der Waals surface area contributed by atoms with Crippen molar-refractivity contribution in [2.75, 3.05) is 25.5 Å². The van der Waals surface area contributed by atoms with Crippen LogP contribution in [0.4, 0.5) is 10.5 Å². The number of ether oxygens (including phenoxy) is 1. The number of hydrogen-bond donors (Lipinski definition) is 3. The predicted octanol–water partition coefficient (Wildman–Crippen LogP) is 2.90. The molecule has 5 heteroatoms. The van der Waals surface area contributed by atoms with Crippen LogP contribution in [-0.2, 0) is 4.74 Å². The van der Waals surface area contributed by atoms with Gasteiger partial charge in [0.15, 0.2) is 0 Å². The molecule has 0 fully saturated rings. The summed E-state index contributed by atoms with van der Waals surface area (Å²) >= 11 is 0. The van der Waals surface area contributed by atoms with Gasteiger partial charge in [-0.15, -0.1) is 0 Å². The lowest BCUT2D eigenvalue weighted by Crippen LogP contribution is -2.41. The lowest BCUT2D eigenvalue weighted by Gasteiger charge is -2.23. The van der Waals surface area contributed by atoms with Gasteiger partial charge in [-0.05, 0) is 45.0 Å². The molecular formula is C16H27N3O2. The minimum Gasteiger partial charge on any atom is -0.377 e. The maximum absolute atomic E-state index is 11.9. The van der Waals surface area contributed by atoms with Crippen LogP contribution in [0, 0.1) is 0 Å². The minimum absolute atomic E-state index is 0.228. The summed E-state index contributed by atoms with van der Waals surface area (Å²) in [5.74, 6) is 0. The van der Waals surface area contributed by atoms with Crippen molar-refractivity contribution in [2.45, 2.75) is 39.3 Å². The van der Waals surface area contributed by atoms with Crippen LogP contribution in [0.15, 0.2) is 24.3 Å². The molecule has 0 aliphatic heterocycles. The van der Waals surface area contributed by atoms with Gasteiger partial charge in [-0.25, -0.2) is 4.79 Å². The van der Waals surface area contributed by atoms with Crippen molar-refractivity contribution >= 4 is 11.7 Å². The monoisotopic (exact) mass is 293 g/mol. The second-order valence-corrected chi connectivity index (χ2v) is 5.68. The third kappa shape index (κ3) is 6.14. The number of benzene rings is 1. The predicted molar refractivity (Wildman–Crippen MR) is 86.6 cm³/mol. The van der Waals surface area contributed by atoms with Crippen molar-refractivity contribution in [3.63, 3.8) is 0 Å². The highest BCUT2D eigenvalue weighted by Gasteiger charge is 2.17. The van der Waals surface area contributed by atoms with Crippen LogP contribution in [0.2, 0.25) is 0 Å². The molecule has 1 rings (SSSR count). The number of rotatable bonds is 7. The Bertz CT molecular complexity index is 461. The van der Waals surface area contributed by atoms with Crippen molar-refractivity contribution in [1.29, 1.82) is 0 Å². The van der Waals surface area contributed by atoms with E-state index in [1.807, 2.05) is 38.1 Å². The molecule has 0 heterocycles. The SMILES string of the molecule is CCNC(C)c1cccc(NC(=O)NCC(C)(C)OC)c1. The average Bonchev–Trinajstić information content (AvgIpc) is 2.46. The Labute approximate surface area is 127 Å². The van der Waals surface area contributed by atoms with Crippen molar-refractivity contribution in [1.82, 2.24) is 10.6 Å². The van der Waals surface area contributed by atoms with Gasteiger partial charge < -0.3 is 20.7 Å². The molecule has 0 saturated heterocycles. The first-order chi connectivity index (χ1) is 9.88. The number of nitrogens with one attached hydrogen (secondary N) is 3. The van der Waals surface area contributed by atoms with Crippen LogP contribution in [0.3, 0.4) is 0 Å². The Balaban J connectivity index is 2.58. The summed E-state index contributed by atoms with van der Waals surface area (Å²) in [4.78, 5) is 11.9. The molecule has 1 aromatic carbocycles. The Hall–Kier alpha value is -1.59. The highest BCUT2D eigenvalue weighted by molar-refractivity contribution is 5.89. The fraction of sp³-hybridized carbons (Fsp3) is 0.562. The molecule has 1 aromatic rings. The molecule has 5 nitrogen and oxygen atoms in total. The molecule has 0 aliphatic carbocycles. The summed E-state index contributed by atoms with van der Waals surface area (Å²) in [6.45, 7) is 9.37. The molecule has 21 heavy (non-hydrogen) atoms. The van der Waals surface area contributed by atoms with Gasteiger partial charge in [0.2, 0.25) is 0 Å². The molecule has 0 bridgehead atoms. The largest absolute Gasteiger partial charge is 0.377 e. The quantitative estimate of drug-likeness (QED) is 0.724. The van der Waals surface area contributed by atoms with Crippen LogP contribution in [-0.4, -0.2) is 31.8 Å². The van der Waals surface area contributed by atoms with E-state index in [1.54, 1.807) is 7.11 Å². The number of amides is 2. The van der Waals surface area contributed by atoms with Crippen LogP contribution < -0.4 is 16.0 Å². The van der Waals surface area contributed by atoms with Gasteiger partial charge in [-0.1, -0.05) is 19.1 Å². The van der Waals surface area contributed by atoms with E-state index in [-0.39, 0.29) is 17.7 Å². The zero-order valence-corrected chi connectivity index (χ0v) is 13.6. The summed E-state index contributed by atoms with van der Waals surface area (Å²) in [5.41, 5.74) is 1.55. The van der Waals surface area contributed by atoms with Crippen LogP contribution in [0.5, 0.6) is 0 Å². The topological polar surface area (TPSA) is 62.4 Å². The summed E-state index contributed by atoms with van der Waals surface area (Å²) < 4.78 is 5.26. The van der Waals surface area contributed by atoms with E-state index in [0.717, 1.165) is 17.8 Å². The van der Waals surface area contributed by atoms with Crippen molar-refractivity contribution in [3.05, 3.63) is 29.8 Å². The number of hydrogen-bond acceptors (Lipinski definition) is 3. The normalized spacial score (nSPS) is 12.8. The Morgan fingerprint density at radius 2 is 2.10 bits per heavy atom. The standard InChI is InChI=1S/C16H27N3O2/c1-6-17-12(2)13-8-7-9-14(10-13)19-15(20)18-11-16(3,4)21-5/h7-10,12,17H,6,11H2,1-5H3,(H2,18,19,20). The van der Waals surface area contributed by atoms with Crippen LogP contribution >= 0.6 is 0 Å². The van der Waals surface area contributed by atoms with Gasteiger partial charge in [0.1, 0.15) is 0 Å². The highest BCUT2D eigenvalue weighted by atomic mass is 16.5. The third-order valence-electron chi connectivity index (χ3n) is 3.38. The molecule has 118 valence electrons. The first-order valence-electron chi connectivity index (χ1n) is 7.31. The van der Waals surface area contributed by atoms with E-state index in [4.69, 9.17) is 4.74 Å². The molecule has 3 N–H and O–H groups in total. The first kappa shape index (κ1) is 17.5. The van der Waals surface area contributed by atoms with Crippen molar-refractivity contribution < 1.29 is 9.53 Å². The second-order valence-electron chi connectivity index (χ2n) is 5.68. The second kappa shape index (κ2) is 8.00. The van der Waals surface area contributed by atoms with E-state index in [2.05, 4.69) is 29.8 Å². The zero-order valence-electron chi connectivity index (χ0n) is 13.6. The maximum Gasteiger partial charge on any atom is 0.319 e. The van der Waals surface area contributed by atoms with Gasteiger partial charge in [-0.3, -0.25) is 0 Å². The lowest BCUT2D eigenvalue weighted by molar-refractivity contribution is 0.0257. The van der Waals surface area contributed by atoms with Crippen LogP contribution in [0.1, 0.15) is 39.3 Å². The molecule has 0 spiro atoms. The Morgan fingerprint density at radius 3 is 2.71 bits per heavy atom. The summed E-state index contributed by atoms with van der Waals surface area (Å²) in [6, 6.07) is 7.88. The number of carbonyl (C=O) groups excluding carboxylic acids is 1. The van der Waals surface area contributed by atoms with Gasteiger partial charge in [0.25, 0.3) is 0 Å². The highest BCUT2D eigenvalue weighted by Crippen LogP contribution is 2.17. The average molecular weight is 293 g/mol.